The fourth-order valence-corrected chi connectivity index (χ4v) is 6.17. The first-order chi connectivity index (χ1) is 34.0. The number of unbranched alkanes of at least 4 members (excludes halogenated alkanes) is 7. The maximum atomic E-state index is 12.8. The number of rotatable bonds is 44. The number of allylic oxidation sites excluding steroid dienone is 30. The largest absolute Gasteiger partial charge is 0.462 e. The van der Waals surface area contributed by atoms with Gasteiger partial charge in [0, 0.05) is 19.3 Å². The SMILES string of the molecule is CC\C=C/C=C\C=C/C=C\C=C/CCCC(=O)OCC(COC(=O)CCCCC/C=C\C/C=C\C/C=C\C/C=C\C/C=C\CC)OC(=O)CCCCC/C=C\C/C=C\C/C=C\C/C=C\C/C=C\CC. The van der Waals surface area contributed by atoms with Crippen molar-refractivity contribution in [1.29, 1.82) is 0 Å². The normalized spacial score (nSPS) is 13.6. The average molecular weight is 945 g/mol. The van der Waals surface area contributed by atoms with Crippen molar-refractivity contribution in [3.63, 3.8) is 0 Å². The summed E-state index contributed by atoms with van der Waals surface area (Å²) in [5.41, 5.74) is 0. The second kappa shape index (κ2) is 55.1. The Morgan fingerprint density at radius 1 is 0.304 bits per heavy atom. The summed E-state index contributed by atoms with van der Waals surface area (Å²) in [6.07, 6.45) is 83.1. The molecule has 0 spiro atoms. The fourth-order valence-electron chi connectivity index (χ4n) is 6.17. The molecule has 0 fully saturated rings. The van der Waals surface area contributed by atoms with Gasteiger partial charge in [-0.2, -0.15) is 0 Å². The highest BCUT2D eigenvalue weighted by Gasteiger charge is 2.19. The monoisotopic (exact) mass is 945 g/mol. The van der Waals surface area contributed by atoms with Crippen LogP contribution in [0.1, 0.15) is 175 Å². The molecule has 6 heteroatoms. The Bertz CT molecular complexity index is 1700. The van der Waals surface area contributed by atoms with Crippen LogP contribution in [-0.2, 0) is 28.6 Å². The molecule has 0 aliphatic rings. The van der Waals surface area contributed by atoms with Gasteiger partial charge < -0.3 is 14.2 Å². The van der Waals surface area contributed by atoms with Crippen LogP contribution in [0, 0.1) is 0 Å². The highest BCUT2D eigenvalue weighted by atomic mass is 16.6. The van der Waals surface area contributed by atoms with Gasteiger partial charge in [0.1, 0.15) is 13.2 Å². The van der Waals surface area contributed by atoms with Gasteiger partial charge in [0.25, 0.3) is 0 Å². The number of esters is 3. The van der Waals surface area contributed by atoms with Gasteiger partial charge in [-0.15, -0.1) is 0 Å². The molecule has 0 aliphatic heterocycles. The molecule has 0 aromatic rings. The second-order valence-corrected chi connectivity index (χ2v) is 16.4. The number of ether oxygens (including phenoxy) is 3. The van der Waals surface area contributed by atoms with Crippen molar-refractivity contribution in [2.45, 2.75) is 181 Å². The molecule has 0 rings (SSSR count). The number of hydrogen-bond acceptors (Lipinski definition) is 6. The first kappa shape index (κ1) is 63.5. The molecule has 0 N–H and O–H groups in total. The zero-order valence-electron chi connectivity index (χ0n) is 43.2. The quantitative estimate of drug-likeness (QED) is 0.0199. The van der Waals surface area contributed by atoms with Crippen molar-refractivity contribution >= 4 is 17.9 Å². The van der Waals surface area contributed by atoms with Gasteiger partial charge in [-0.1, -0.05) is 216 Å². The van der Waals surface area contributed by atoms with Crippen molar-refractivity contribution in [3.8, 4) is 0 Å². The minimum Gasteiger partial charge on any atom is -0.462 e. The molecular formula is C63H92O6. The third kappa shape index (κ3) is 53.3. The van der Waals surface area contributed by atoms with Gasteiger partial charge in [0.05, 0.1) is 0 Å². The summed E-state index contributed by atoms with van der Waals surface area (Å²) in [6.45, 7) is 6.11. The lowest BCUT2D eigenvalue weighted by molar-refractivity contribution is -0.167. The van der Waals surface area contributed by atoms with Gasteiger partial charge in [0.2, 0.25) is 0 Å². The molecule has 0 radical (unpaired) electrons. The number of carbonyl (C=O) groups excluding carboxylic acids is 3. The van der Waals surface area contributed by atoms with E-state index in [4.69, 9.17) is 14.2 Å². The van der Waals surface area contributed by atoms with Gasteiger partial charge in [-0.3, -0.25) is 14.4 Å². The Morgan fingerprint density at radius 2 is 0.609 bits per heavy atom. The molecule has 6 nitrogen and oxygen atoms in total. The van der Waals surface area contributed by atoms with Crippen LogP contribution in [0.25, 0.3) is 0 Å². The molecule has 0 saturated carbocycles. The van der Waals surface area contributed by atoms with E-state index in [2.05, 4.69) is 148 Å². The van der Waals surface area contributed by atoms with Crippen LogP contribution in [0.5, 0.6) is 0 Å². The Labute approximate surface area is 421 Å². The molecule has 1 unspecified atom stereocenters. The molecule has 1 atom stereocenters. The van der Waals surface area contributed by atoms with Crippen LogP contribution in [-0.4, -0.2) is 37.2 Å². The molecule has 0 aromatic carbocycles. The highest BCUT2D eigenvalue weighted by molar-refractivity contribution is 5.71. The average Bonchev–Trinajstić information content (AvgIpc) is 3.35. The van der Waals surface area contributed by atoms with E-state index in [1.54, 1.807) is 0 Å². The van der Waals surface area contributed by atoms with Crippen molar-refractivity contribution in [3.05, 3.63) is 182 Å². The van der Waals surface area contributed by atoms with E-state index >= 15 is 0 Å². The first-order valence-electron chi connectivity index (χ1n) is 26.4. The maximum Gasteiger partial charge on any atom is 0.306 e. The predicted molar refractivity (Wildman–Crippen MR) is 297 cm³/mol. The number of hydrogen-bond donors (Lipinski definition) is 0. The Hall–Kier alpha value is -5.49. The van der Waals surface area contributed by atoms with Crippen LogP contribution in [0.3, 0.4) is 0 Å². The summed E-state index contributed by atoms with van der Waals surface area (Å²) >= 11 is 0. The zero-order chi connectivity index (χ0) is 50.0. The standard InChI is InChI=1S/C63H92O6/c1-4-7-10-13-16-19-22-25-27-29-31-33-35-38-41-44-47-50-53-56-62(65)68-59-60(58-67-61(64)55-52-49-46-43-40-37-24-21-18-15-12-9-6-3)69-63(66)57-54-51-48-45-42-39-36-34-32-30-28-26-23-20-17-14-11-8-5-2/h7-12,15-21,24-28,31-34,37-43,46,60H,4-6,13-14,22-23,29-30,35-36,44-45,47-59H2,1-3H3/b10-7-,11-8-,12-9-,18-15-,19-16-,20-17-,24-21-,27-25-,28-26-,33-31-,34-32-,40-37-,41-38-,42-39-,46-43-. The summed E-state index contributed by atoms with van der Waals surface area (Å²) in [5, 5.41) is 0. The third-order valence-corrected chi connectivity index (χ3v) is 10.0. The molecular weight excluding hydrogens is 853 g/mol. The summed E-state index contributed by atoms with van der Waals surface area (Å²) in [7, 11) is 0. The highest BCUT2D eigenvalue weighted by Crippen LogP contribution is 2.10. The summed E-state index contributed by atoms with van der Waals surface area (Å²) in [4.78, 5) is 38.0. The van der Waals surface area contributed by atoms with Crippen LogP contribution >= 0.6 is 0 Å². The smallest absolute Gasteiger partial charge is 0.306 e. The van der Waals surface area contributed by atoms with E-state index in [0.717, 1.165) is 122 Å². The molecule has 0 aliphatic carbocycles. The molecule has 380 valence electrons. The van der Waals surface area contributed by atoms with Crippen LogP contribution in [0.15, 0.2) is 182 Å². The van der Waals surface area contributed by atoms with E-state index in [9.17, 15) is 14.4 Å². The van der Waals surface area contributed by atoms with Gasteiger partial charge >= 0.3 is 17.9 Å². The van der Waals surface area contributed by atoms with Gasteiger partial charge in [0.15, 0.2) is 6.10 Å². The fraction of sp³-hybridized carbons (Fsp3) is 0.476. The lowest BCUT2D eigenvalue weighted by Crippen LogP contribution is -2.30. The topological polar surface area (TPSA) is 78.9 Å². The molecule has 0 amide bonds. The zero-order valence-corrected chi connectivity index (χ0v) is 43.2. The van der Waals surface area contributed by atoms with E-state index in [1.165, 1.54) is 0 Å². The summed E-state index contributed by atoms with van der Waals surface area (Å²) < 4.78 is 16.7. The predicted octanol–water partition coefficient (Wildman–Crippen LogP) is 17.7. The van der Waals surface area contributed by atoms with Crippen molar-refractivity contribution in [2.75, 3.05) is 13.2 Å². The van der Waals surface area contributed by atoms with Crippen LogP contribution in [0.4, 0.5) is 0 Å². The van der Waals surface area contributed by atoms with E-state index in [-0.39, 0.29) is 50.4 Å². The first-order valence-corrected chi connectivity index (χ1v) is 26.4. The molecule has 0 heterocycles. The number of carbonyl (C=O) groups is 3. The van der Waals surface area contributed by atoms with Gasteiger partial charge in [-0.05, 0) is 122 Å². The van der Waals surface area contributed by atoms with E-state index in [1.807, 2.05) is 54.7 Å². The molecule has 0 bridgehead atoms. The Balaban J connectivity index is 4.64. The third-order valence-electron chi connectivity index (χ3n) is 10.0. The minimum atomic E-state index is -0.849. The van der Waals surface area contributed by atoms with Gasteiger partial charge in [-0.25, -0.2) is 0 Å². The van der Waals surface area contributed by atoms with E-state index in [0.29, 0.717) is 12.8 Å². The molecule has 0 saturated heterocycles. The lowest BCUT2D eigenvalue weighted by Gasteiger charge is -2.18. The van der Waals surface area contributed by atoms with E-state index < -0.39 is 6.10 Å². The minimum absolute atomic E-state index is 0.142. The van der Waals surface area contributed by atoms with Crippen molar-refractivity contribution in [1.82, 2.24) is 0 Å². The molecule has 69 heavy (non-hydrogen) atoms. The lowest BCUT2D eigenvalue weighted by atomic mass is 10.1. The molecule has 0 aromatic heterocycles. The van der Waals surface area contributed by atoms with Crippen LogP contribution < -0.4 is 0 Å². The summed E-state index contributed by atoms with van der Waals surface area (Å²) in [5.74, 6) is -1.10. The van der Waals surface area contributed by atoms with Crippen LogP contribution in [0.2, 0.25) is 0 Å². The maximum absolute atomic E-state index is 12.8. The Morgan fingerprint density at radius 3 is 1.00 bits per heavy atom. The van der Waals surface area contributed by atoms with Crippen molar-refractivity contribution < 1.29 is 28.6 Å². The Kier molecular flexibility index (Phi) is 50.7. The van der Waals surface area contributed by atoms with Crippen molar-refractivity contribution in [2.24, 2.45) is 0 Å². The summed E-state index contributed by atoms with van der Waals surface area (Å²) in [6, 6.07) is 0. The second-order valence-electron chi connectivity index (χ2n) is 16.4.